The second kappa shape index (κ2) is 8.63. The van der Waals surface area contributed by atoms with Gasteiger partial charge in [-0.2, -0.15) is 0 Å². The second-order valence-corrected chi connectivity index (χ2v) is 5.37. The lowest BCUT2D eigenvalue weighted by atomic mass is 9.91. The fourth-order valence-corrected chi connectivity index (χ4v) is 2.47. The third kappa shape index (κ3) is 5.35. The molecule has 1 aromatic rings. The average molecular weight is 287 g/mol. The predicted molar refractivity (Wildman–Crippen MR) is 87.3 cm³/mol. The van der Waals surface area contributed by atoms with Crippen molar-refractivity contribution in [2.45, 2.75) is 38.1 Å². The van der Waals surface area contributed by atoms with Crippen molar-refractivity contribution in [1.82, 2.24) is 0 Å². The van der Waals surface area contributed by atoms with Gasteiger partial charge in [0.1, 0.15) is 5.75 Å². The van der Waals surface area contributed by atoms with Crippen LogP contribution in [-0.4, -0.2) is 31.6 Å². The Balaban J connectivity index is 1.74. The molecular formula is C18H25NO2. The summed E-state index contributed by atoms with van der Waals surface area (Å²) < 4.78 is 11.4. The molecule has 1 aliphatic rings. The van der Waals surface area contributed by atoms with E-state index in [1.165, 1.54) is 0 Å². The van der Waals surface area contributed by atoms with E-state index in [9.17, 15) is 0 Å². The van der Waals surface area contributed by atoms with Gasteiger partial charge in [0.05, 0.1) is 12.1 Å². The third-order valence-corrected chi connectivity index (χ3v) is 3.62. The Hall–Kier alpha value is -1.61. The quantitative estimate of drug-likeness (QED) is 0.608. The van der Waals surface area contributed by atoms with E-state index in [1.807, 2.05) is 42.6 Å². The van der Waals surface area contributed by atoms with Crippen molar-refractivity contribution in [1.29, 1.82) is 0 Å². The Kier molecular flexibility index (Phi) is 6.48. The maximum absolute atomic E-state index is 5.80. The molecule has 1 aliphatic heterocycles. The molecular weight excluding hydrogens is 262 g/mol. The maximum Gasteiger partial charge on any atom is 0.119 e. The van der Waals surface area contributed by atoms with E-state index in [1.54, 1.807) is 0 Å². The van der Waals surface area contributed by atoms with Gasteiger partial charge in [-0.05, 0) is 37.5 Å². The van der Waals surface area contributed by atoms with E-state index in [2.05, 4.69) is 18.0 Å². The number of benzene rings is 1. The van der Waals surface area contributed by atoms with Gasteiger partial charge in [-0.1, -0.05) is 31.2 Å². The van der Waals surface area contributed by atoms with Crippen LogP contribution in [0.25, 0.3) is 0 Å². The van der Waals surface area contributed by atoms with E-state index in [4.69, 9.17) is 9.47 Å². The number of allylic oxidation sites excluding steroid dienone is 1. The van der Waals surface area contributed by atoms with Gasteiger partial charge < -0.3 is 9.47 Å². The van der Waals surface area contributed by atoms with Gasteiger partial charge in [0.25, 0.3) is 0 Å². The maximum atomic E-state index is 5.80. The Labute approximate surface area is 127 Å². The smallest absolute Gasteiger partial charge is 0.119 e. The van der Waals surface area contributed by atoms with Crippen molar-refractivity contribution in [2.75, 3.05) is 19.8 Å². The van der Waals surface area contributed by atoms with E-state index in [0.717, 1.165) is 44.6 Å². The summed E-state index contributed by atoms with van der Waals surface area (Å²) in [6.45, 7) is 4.48. The van der Waals surface area contributed by atoms with Gasteiger partial charge in [0.2, 0.25) is 0 Å². The van der Waals surface area contributed by atoms with Crippen molar-refractivity contribution in [3.05, 3.63) is 42.5 Å². The van der Waals surface area contributed by atoms with Crippen molar-refractivity contribution in [3.63, 3.8) is 0 Å². The van der Waals surface area contributed by atoms with Crippen LogP contribution in [0.5, 0.6) is 5.75 Å². The van der Waals surface area contributed by atoms with Crippen molar-refractivity contribution >= 4 is 6.21 Å². The standard InChI is InChI=1S/C18H25NO2/c1-2-14-20-15-7-11-18(10-6-13-19-18)12-16-21-17-8-4-3-5-9-17/h3-6,8-10,13H,2,7,11-12,14-16H2,1H3. The van der Waals surface area contributed by atoms with Crippen LogP contribution in [0.2, 0.25) is 0 Å². The number of hydrogen-bond acceptors (Lipinski definition) is 3. The Morgan fingerprint density at radius 3 is 2.62 bits per heavy atom. The van der Waals surface area contributed by atoms with Crippen LogP contribution in [0.1, 0.15) is 32.6 Å². The molecule has 3 heteroatoms. The molecule has 1 heterocycles. The summed E-state index contributed by atoms with van der Waals surface area (Å²) in [5, 5.41) is 0. The van der Waals surface area contributed by atoms with Crippen LogP contribution >= 0.6 is 0 Å². The Bertz CT molecular complexity index is 442. The van der Waals surface area contributed by atoms with Gasteiger partial charge in [-0.25, -0.2) is 0 Å². The summed E-state index contributed by atoms with van der Waals surface area (Å²) in [7, 11) is 0. The fraction of sp³-hybridized carbons (Fsp3) is 0.500. The highest BCUT2D eigenvalue weighted by atomic mass is 16.5. The fourth-order valence-electron chi connectivity index (χ4n) is 2.47. The second-order valence-electron chi connectivity index (χ2n) is 5.37. The summed E-state index contributed by atoms with van der Waals surface area (Å²) in [6.07, 6.45) is 10.2. The van der Waals surface area contributed by atoms with E-state index >= 15 is 0 Å². The van der Waals surface area contributed by atoms with Gasteiger partial charge >= 0.3 is 0 Å². The molecule has 3 nitrogen and oxygen atoms in total. The lowest BCUT2D eigenvalue weighted by Crippen LogP contribution is -2.25. The molecule has 0 N–H and O–H groups in total. The zero-order chi connectivity index (χ0) is 14.8. The van der Waals surface area contributed by atoms with Gasteiger partial charge in [0.15, 0.2) is 0 Å². The molecule has 114 valence electrons. The lowest BCUT2D eigenvalue weighted by molar-refractivity contribution is 0.126. The van der Waals surface area contributed by atoms with Crippen LogP contribution in [0.3, 0.4) is 0 Å². The number of nitrogens with zero attached hydrogens (tertiary/aromatic N) is 1. The topological polar surface area (TPSA) is 30.8 Å². The van der Waals surface area contributed by atoms with Crippen LogP contribution in [0, 0.1) is 0 Å². The molecule has 0 radical (unpaired) electrons. The largest absolute Gasteiger partial charge is 0.493 e. The third-order valence-electron chi connectivity index (χ3n) is 3.62. The molecule has 0 amide bonds. The predicted octanol–water partition coefficient (Wildman–Crippen LogP) is 4.04. The van der Waals surface area contributed by atoms with Crippen molar-refractivity contribution in [2.24, 2.45) is 4.99 Å². The molecule has 1 unspecified atom stereocenters. The van der Waals surface area contributed by atoms with Gasteiger partial charge in [-0.3, -0.25) is 4.99 Å². The van der Waals surface area contributed by atoms with Crippen LogP contribution in [0.4, 0.5) is 0 Å². The zero-order valence-corrected chi connectivity index (χ0v) is 12.8. The monoisotopic (exact) mass is 287 g/mol. The molecule has 1 atom stereocenters. The summed E-state index contributed by atoms with van der Waals surface area (Å²) in [4.78, 5) is 4.64. The van der Waals surface area contributed by atoms with Crippen LogP contribution in [0.15, 0.2) is 47.5 Å². The summed E-state index contributed by atoms with van der Waals surface area (Å²) >= 11 is 0. The first-order chi connectivity index (χ1) is 10.3. The molecule has 0 saturated heterocycles. The highest BCUT2D eigenvalue weighted by Crippen LogP contribution is 2.27. The number of para-hydroxylation sites is 1. The number of rotatable bonds is 10. The van der Waals surface area contributed by atoms with E-state index in [-0.39, 0.29) is 5.54 Å². The first-order valence-corrected chi connectivity index (χ1v) is 7.83. The summed E-state index contributed by atoms with van der Waals surface area (Å²) in [5.41, 5.74) is -0.0929. The molecule has 21 heavy (non-hydrogen) atoms. The van der Waals surface area contributed by atoms with Crippen molar-refractivity contribution < 1.29 is 9.47 Å². The van der Waals surface area contributed by atoms with Gasteiger partial charge in [0, 0.05) is 25.8 Å². The van der Waals surface area contributed by atoms with Crippen LogP contribution in [-0.2, 0) is 4.74 Å². The average Bonchev–Trinajstić information content (AvgIpc) is 2.97. The molecule has 0 spiro atoms. The molecule has 1 aromatic carbocycles. The number of hydrogen-bond donors (Lipinski definition) is 0. The first kappa shape index (κ1) is 15.8. The highest BCUT2D eigenvalue weighted by Gasteiger charge is 2.27. The minimum absolute atomic E-state index is 0.0929. The molecule has 0 saturated carbocycles. The lowest BCUT2D eigenvalue weighted by Gasteiger charge is -2.24. The first-order valence-electron chi connectivity index (χ1n) is 7.83. The molecule has 0 fully saturated rings. The zero-order valence-electron chi connectivity index (χ0n) is 12.8. The normalized spacial score (nSPS) is 20.0. The number of aliphatic imine (C=N–C) groups is 1. The number of ether oxygens (including phenoxy) is 2. The Morgan fingerprint density at radius 2 is 1.90 bits per heavy atom. The minimum Gasteiger partial charge on any atom is -0.493 e. The van der Waals surface area contributed by atoms with Crippen molar-refractivity contribution in [3.8, 4) is 5.75 Å². The van der Waals surface area contributed by atoms with Gasteiger partial charge in [-0.15, -0.1) is 0 Å². The minimum atomic E-state index is -0.0929. The van der Waals surface area contributed by atoms with E-state index < -0.39 is 0 Å². The van der Waals surface area contributed by atoms with Crippen LogP contribution < -0.4 is 4.74 Å². The Morgan fingerprint density at radius 1 is 1.05 bits per heavy atom. The molecule has 0 bridgehead atoms. The summed E-state index contributed by atoms with van der Waals surface area (Å²) in [5.74, 6) is 0.921. The highest BCUT2D eigenvalue weighted by molar-refractivity contribution is 5.75. The summed E-state index contributed by atoms with van der Waals surface area (Å²) in [6, 6.07) is 9.94. The molecule has 0 aliphatic carbocycles. The molecule has 2 rings (SSSR count). The van der Waals surface area contributed by atoms with E-state index in [0.29, 0.717) is 6.61 Å². The SMILES string of the molecule is CCCOCCCC1(CCOc2ccccc2)C=CC=N1. The molecule has 0 aromatic heterocycles.